The number of rotatable bonds is 7. The van der Waals surface area contributed by atoms with Crippen molar-refractivity contribution in [3.63, 3.8) is 0 Å². The molecule has 1 aromatic heterocycles. The van der Waals surface area contributed by atoms with Crippen LogP contribution in [-0.2, 0) is 14.8 Å². The molecule has 4 aromatic rings. The Hall–Kier alpha value is -3.07. The molecule has 0 aliphatic rings. The van der Waals surface area contributed by atoms with Crippen LogP contribution in [0, 0.1) is 13.8 Å². The molecule has 0 saturated carbocycles. The highest BCUT2D eigenvalue weighted by Crippen LogP contribution is 2.28. The number of benzene rings is 3. The summed E-state index contributed by atoms with van der Waals surface area (Å²) in [7, 11) is -3.81. The fourth-order valence-electron chi connectivity index (χ4n) is 3.33. The maximum absolute atomic E-state index is 13.0. The summed E-state index contributed by atoms with van der Waals surface area (Å²) < 4.78 is 29.6. The highest BCUT2D eigenvalue weighted by molar-refractivity contribution is 7.89. The van der Waals surface area contributed by atoms with Gasteiger partial charge in [-0.1, -0.05) is 65.4 Å². The average Bonchev–Trinajstić information content (AvgIpc) is 3.15. The van der Waals surface area contributed by atoms with E-state index in [1.807, 2.05) is 50.2 Å². The Kier molecular flexibility index (Phi) is 6.36. The summed E-state index contributed by atoms with van der Waals surface area (Å²) in [6.45, 7) is 3.90. The number of hydrogen-bond donors (Lipinski definition) is 2. The van der Waals surface area contributed by atoms with Crippen LogP contribution < -0.4 is 10.0 Å². The van der Waals surface area contributed by atoms with Crippen LogP contribution in [0.25, 0.3) is 10.2 Å². The topological polar surface area (TPSA) is 88.2 Å². The highest BCUT2D eigenvalue weighted by atomic mass is 32.2. The number of aromatic nitrogens is 1. The van der Waals surface area contributed by atoms with Crippen molar-refractivity contribution in [2.24, 2.45) is 0 Å². The van der Waals surface area contributed by atoms with Crippen LogP contribution in [0.1, 0.15) is 29.2 Å². The smallest absolute Gasteiger partial charge is 0.241 e. The van der Waals surface area contributed by atoms with E-state index >= 15 is 0 Å². The molecule has 2 N–H and O–H groups in total. The van der Waals surface area contributed by atoms with Crippen molar-refractivity contribution in [3.8, 4) is 0 Å². The quantitative estimate of drug-likeness (QED) is 0.404. The third kappa shape index (κ3) is 5.21. The average molecular weight is 466 g/mol. The summed E-state index contributed by atoms with van der Waals surface area (Å²) in [6.07, 6.45) is -0.0654. The van der Waals surface area contributed by atoms with Gasteiger partial charge < -0.3 is 5.32 Å². The number of nitrogens with zero attached hydrogens (tertiary/aromatic N) is 1. The van der Waals surface area contributed by atoms with Crippen molar-refractivity contribution in [1.29, 1.82) is 0 Å². The zero-order chi connectivity index (χ0) is 22.7. The lowest BCUT2D eigenvalue weighted by Gasteiger charge is -2.19. The normalized spacial score (nSPS) is 12.6. The molecule has 0 fully saturated rings. The minimum Gasteiger partial charge on any atom is -0.302 e. The number of fused-ring (bicyclic) bond motifs is 1. The Labute approximate surface area is 191 Å². The van der Waals surface area contributed by atoms with Crippen molar-refractivity contribution in [2.75, 3.05) is 5.32 Å². The molecular formula is C24H23N3O3S2. The maximum atomic E-state index is 13.0. The molecule has 1 amide bonds. The van der Waals surface area contributed by atoms with Crippen LogP contribution in [0.4, 0.5) is 5.13 Å². The van der Waals surface area contributed by atoms with Gasteiger partial charge in [-0.05, 0) is 49.2 Å². The third-order valence-electron chi connectivity index (χ3n) is 5.01. The number of thiazole rings is 1. The van der Waals surface area contributed by atoms with Gasteiger partial charge >= 0.3 is 0 Å². The lowest BCUT2D eigenvalue weighted by molar-refractivity contribution is -0.116. The zero-order valence-corrected chi connectivity index (χ0v) is 19.3. The Morgan fingerprint density at radius 1 is 0.969 bits per heavy atom. The summed E-state index contributed by atoms with van der Waals surface area (Å²) in [5, 5.41) is 3.31. The van der Waals surface area contributed by atoms with E-state index in [0.29, 0.717) is 10.7 Å². The molecule has 0 bridgehead atoms. The molecule has 3 aromatic carbocycles. The molecule has 0 aliphatic heterocycles. The van der Waals surface area contributed by atoms with E-state index < -0.39 is 16.1 Å². The van der Waals surface area contributed by atoms with Gasteiger partial charge in [0.2, 0.25) is 15.9 Å². The predicted octanol–water partition coefficient (Wildman–Crippen LogP) is 4.96. The van der Waals surface area contributed by atoms with E-state index in [9.17, 15) is 13.2 Å². The first-order chi connectivity index (χ1) is 15.3. The van der Waals surface area contributed by atoms with Crippen molar-refractivity contribution in [1.82, 2.24) is 9.71 Å². The Morgan fingerprint density at radius 3 is 2.38 bits per heavy atom. The molecule has 0 spiro atoms. The van der Waals surface area contributed by atoms with Crippen LogP contribution >= 0.6 is 11.3 Å². The van der Waals surface area contributed by atoms with E-state index in [1.165, 1.54) is 11.3 Å². The largest absolute Gasteiger partial charge is 0.302 e. The monoisotopic (exact) mass is 465 g/mol. The molecule has 1 atom stereocenters. The highest BCUT2D eigenvalue weighted by Gasteiger charge is 2.24. The number of amides is 1. The number of aryl methyl sites for hydroxylation is 2. The van der Waals surface area contributed by atoms with Gasteiger partial charge in [0.25, 0.3) is 0 Å². The third-order valence-corrected chi connectivity index (χ3v) is 7.43. The number of anilines is 1. The van der Waals surface area contributed by atoms with Gasteiger partial charge in [0.1, 0.15) is 0 Å². The zero-order valence-electron chi connectivity index (χ0n) is 17.7. The molecule has 0 unspecified atom stereocenters. The minimum atomic E-state index is -3.81. The van der Waals surface area contributed by atoms with E-state index in [2.05, 4.69) is 15.0 Å². The number of sulfonamides is 1. The lowest BCUT2D eigenvalue weighted by Crippen LogP contribution is -2.31. The Balaban J connectivity index is 1.55. The minimum absolute atomic E-state index is 0.0654. The Bertz CT molecular complexity index is 1350. The van der Waals surface area contributed by atoms with E-state index in [-0.39, 0.29) is 17.2 Å². The second-order valence-corrected chi connectivity index (χ2v) is 10.4. The molecule has 1 heterocycles. The molecule has 6 nitrogen and oxygen atoms in total. The fourth-order valence-corrected chi connectivity index (χ4v) is 5.53. The number of carbonyl (C=O) groups excluding carboxylic acids is 1. The molecule has 8 heteroatoms. The van der Waals surface area contributed by atoms with Gasteiger partial charge in [-0.2, -0.15) is 0 Å². The van der Waals surface area contributed by atoms with Crippen LogP contribution in [-0.4, -0.2) is 19.3 Å². The van der Waals surface area contributed by atoms with Crippen molar-refractivity contribution < 1.29 is 13.2 Å². The summed E-state index contributed by atoms with van der Waals surface area (Å²) in [4.78, 5) is 17.4. The summed E-state index contributed by atoms with van der Waals surface area (Å²) in [6, 6.07) is 20.9. The van der Waals surface area contributed by atoms with Crippen molar-refractivity contribution in [2.45, 2.75) is 31.2 Å². The lowest BCUT2D eigenvalue weighted by atomic mass is 10.0. The standard InChI is InChI=1S/C24H23N3O3S2/c1-16-8-11-19(12-9-16)32(29,30)27-21(18-6-4-3-5-7-18)15-23(28)26-24-25-20-13-10-17(2)14-22(20)31-24/h3-14,21,27H,15H2,1-2H3,(H,25,26,28)/t21-/m0/s1. The van der Waals surface area contributed by atoms with E-state index in [0.717, 1.165) is 21.3 Å². The van der Waals surface area contributed by atoms with Gasteiger partial charge in [0.15, 0.2) is 5.13 Å². The maximum Gasteiger partial charge on any atom is 0.241 e. The van der Waals surface area contributed by atoms with Crippen molar-refractivity contribution in [3.05, 3.63) is 89.5 Å². The van der Waals surface area contributed by atoms with Gasteiger partial charge in [-0.3, -0.25) is 4.79 Å². The summed E-state index contributed by atoms with van der Waals surface area (Å²) in [5.41, 5.74) is 3.61. The van der Waals surface area contributed by atoms with Gasteiger partial charge in [0, 0.05) is 6.42 Å². The molecule has 0 saturated heterocycles. The second kappa shape index (κ2) is 9.20. The molecule has 4 rings (SSSR count). The van der Waals surface area contributed by atoms with Crippen LogP contribution in [0.3, 0.4) is 0 Å². The summed E-state index contributed by atoms with van der Waals surface area (Å²) >= 11 is 1.39. The summed E-state index contributed by atoms with van der Waals surface area (Å²) in [5.74, 6) is -0.318. The molecule has 0 radical (unpaired) electrons. The molecule has 32 heavy (non-hydrogen) atoms. The first kappa shape index (κ1) is 22.1. The van der Waals surface area contributed by atoms with E-state index in [4.69, 9.17) is 0 Å². The second-order valence-electron chi connectivity index (χ2n) is 7.64. The Morgan fingerprint density at radius 2 is 1.66 bits per heavy atom. The van der Waals surface area contributed by atoms with Gasteiger partial charge in [-0.25, -0.2) is 18.1 Å². The van der Waals surface area contributed by atoms with Crippen LogP contribution in [0.5, 0.6) is 0 Å². The van der Waals surface area contributed by atoms with Crippen LogP contribution in [0.15, 0.2) is 77.7 Å². The van der Waals surface area contributed by atoms with Gasteiger partial charge in [0.05, 0.1) is 21.2 Å². The van der Waals surface area contributed by atoms with E-state index in [1.54, 1.807) is 36.4 Å². The molecular weight excluding hydrogens is 442 g/mol. The first-order valence-electron chi connectivity index (χ1n) is 10.1. The number of carbonyl (C=O) groups is 1. The molecule has 0 aliphatic carbocycles. The predicted molar refractivity (Wildman–Crippen MR) is 128 cm³/mol. The SMILES string of the molecule is Cc1ccc(S(=O)(=O)N[C@@H](CC(=O)Nc2nc3ccc(C)cc3s2)c2ccccc2)cc1. The first-order valence-corrected chi connectivity index (χ1v) is 12.4. The fraction of sp³-hybridized carbons (Fsp3) is 0.167. The van der Waals surface area contributed by atoms with Crippen molar-refractivity contribution >= 4 is 42.6 Å². The number of nitrogens with one attached hydrogen (secondary N) is 2. The van der Waals surface area contributed by atoms with Gasteiger partial charge in [-0.15, -0.1) is 0 Å². The molecule has 164 valence electrons. The number of hydrogen-bond acceptors (Lipinski definition) is 5. The van der Waals surface area contributed by atoms with Crippen LogP contribution in [0.2, 0.25) is 0 Å².